The van der Waals surface area contributed by atoms with Crippen molar-refractivity contribution in [3.8, 4) is 0 Å². The summed E-state index contributed by atoms with van der Waals surface area (Å²) in [6.45, 7) is 4.36. The van der Waals surface area contributed by atoms with E-state index in [1.165, 1.54) is 28.2 Å². The summed E-state index contributed by atoms with van der Waals surface area (Å²) in [7, 11) is 0. The van der Waals surface area contributed by atoms with E-state index in [0.717, 1.165) is 0 Å². The van der Waals surface area contributed by atoms with E-state index in [1.54, 1.807) is 0 Å². The van der Waals surface area contributed by atoms with E-state index in [1.807, 2.05) is 0 Å². The number of aryl methyl sites for hydroxylation is 2. The molecular weight excluding hydrogens is 196 g/mol. The second-order valence-electron chi connectivity index (χ2n) is 3.49. The number of thioether (sulfide) groups is 2. The zero-order chi connectivity index (χ0) is 9.26. The second kappa shape index (κ2) is 3.97. The largest absolute Gasteiger partial charge is 0.142 e. The first-order valence-electron chi connectivity index (χ1n) is 4.57. The summed E-state index contributed by atoms with van der Waals surface area (Å²) in [6, 6.07) is 6.89. The molecule has 13 heavy (non-hydrogen) atoms. The fourth-order valence-corrected chi connectivity index (χ4v) is 4.51. The first-order chi connectivity index (χ1) is 6.25. The minimum atomic E-state index is 0.693. The van der Waals surface area contributed by atoms with Crippen molar-refractivity contribution in [1.82, 2.24) is 0 Å². The second-order valence-corrected chi connectivity index (χ2v) is 6.22. The number of hydrogen-bond acceptors (Lipinski definition) is 2. The van der Waals surface area contributed by atoms with E-state index in [4.69, 9.17) is 0 Å². The van der Waals surface area contributed by atoms with Crippen LogP contribution in [0.15, 0.2) is 18.2 Å². The van der Waals surface area contributed by atoms with E-state index in [-0.39, 0.29) is 0 Å². The summed E-state index contributed by atoms with van der Waals surface area (Å²) >= 11 is 4.15. The molecular formula is C11H14S2. The Hall–Kier alpha value is -0.0800. The van der Waals surface area contributed by atoms with E-state index in [9.17, 15) is 0 Å². The first kappa shape index (κ1) is 9.47. The lowest BCUT2D eigenvalue weighted by Gasteiger charge is -2.10. The van der Waals surface area contributed by atoms with Crippen LogP contribution in [0.3, 0.4) is 0 Å². The molecule has 1 aliphatic heterocycles. The van der Waals surface area contributed by atoms with Crippen LogP contribution in [-0.2, 0) is 0 Å². The Labute approximate surface area is 88.5 Å². The van der Waals surface area contributed by atoms with Gasteiger partial charge in [0.05, 0.1) is 4.58 Å². The van der Waals surface area contributed by atoms with Crippen LogP contribution in [-0.4, -0.2) is 11.5 Å². The lowest BCUT2D eigenvalue weighted by atomic mass is 10.1. The van der Waals surface area contributed by atoms with Gasteiger partial charge in [0.25, 0.3) is 0 Å². The highest BCUT2D eigenvalue weighted by atomic mass is 32.2. The van der Waals surface area contributed by atoms with Crippen LogP contribution in [0.1, 0.15) is 21.3 Å². The highest BCUT2D eigenvalue weighted by Crippen LogP contribution is 2.45. The summed E-state index contributed by atoms with van der Waals surface area (Å²) in [5.41, 5.74) is 4.29. The van der Waals surface area contributed by atoms with E-state index < -0.39 is 0 Å². The minimum absolute atomic E-state index is 0.693. The predicted molar refractivity (Wildman–Crippen MR) is 63.6 cm³/mol. The monoisotopic (exact) mass is 210 g/mol. The topological polar surface area (TPSA) is 0 Å². The van der Waals surface area contributed by atoms with Crippen LogP contribution in [0.2, 0.25) is 0 Å². The molecule has 0 spiro atoms. The third-order valence-corrected chi connectivity index (χ3v) is 5.24. The zero-order valence-corrected chi connectivity index (χ0v) is 9.67. The fourth-order valence-electron chi connectivity index (χ4n) is 1.70. The van der Waals surface area contributed by atoms with Gasteiger partial charge in [-0.15, -0.1) is 23.5 Å². The predicted octanol–water partition coefficient (Wildman–Crippen LogP) is 3.78. The molecule has 0 nitrogen and oxygen atoms in total. The number of rotatable bonds is 1. The van der Waals surface area contributed by atoms with Crippen molar-refractivity contribution in [1.29, 1.82) is 0 Å². The number of benzene rings is 1. The van der Waals surface area contributed by atoms with Crippen LogP contribution in [0.5, 0.6) is 0 Å². The SMILES string of the molecule is Cc1cc(C)cc(C2SCCS2)c1. The van der Waals surface area contributed by atoms with Crippen molar-refractivity contribution >= 4 is 23.5 Å². The molecule has 0 atom stereocenters. The summed E-state index contributed by atoms with van der Waals surface area (Å²) < 4.78 is 0.693. The Kier molecular flexibility index (Phi) is 2.89. The average Bonchev–Trinajstić information content (AvgIpc) is 2.53. The molecule has 2 heteroatoms. The molecule has 1 aromatic rings. The Balaban J connectivity index is 2.28. The van der Waals surface area contributed by atoms with Gasteiger partial charge in [0.2, 0.25) is 0 Å². The number of hydrogen-bond donors (Lipinski definition) is 0. The van der Waals surface area contributed by atoms with Gasteiger partial charge in [-0.05, 0) is 19.4 Å². The summed E-state index contributed by atoms with van der Waals surface area (Å²) in [6.07, 6.45) is 0. The molecule has 2 rings (SSSR count). The van der Waals surface area contributed by atoms with Gasteiger partial charge >= 0.3 is 0 Å². The maximum atomic E-state index is 2.32. The molecule has 1 aromatic carbocycles. The van der Waals surface area contributed by atoms with Crippen molar-refractivity contribution in [2.24, 2.45) is 0 Å². The lowest BCUT2D eigenvalue weighted by Crippen LogP contribution is -1.87. The van der Waals surface area contributed by atoms with Gasteiger partial charge in [-0.3, -0.25) is 0 Å². The van der Waals surface area contributed by atoms with Crippen molar-refractivity contribution in [2.75, 3.05) is 11.5 Å². The molecule has 1 saturated heterocycles. The van der Waals surface area contributed by atoms with Crippen LogP contribution in [0.25, 0.3) is 0 Å². The summed E-state index contributed by atoms with van der Waals surface area (Å²) in [5, 5.41) is 0. The zero-order valence-electron chi connectivity index (χ0n) is 8.04. The third kappa shape index (κ3) is 2.23. The van der Waals surface area contributed by atoms with Gasteiger partial charge in [-0.2, -0.15) is 0 Å². The van der Waals surface area contributed by atoms with Crippen LogP contribution in [0, 0.1) is 13.8 Å². The lowest BCUT2D eigenvalue weighted by molar-refractivity contribution is 1.29. The molecule has 0 bridgehead atoms. The molecule has 0 aromatic heterocycles. The van der Waals surface area contributed by atoms with Crippen LogP contribution < -0.4 is 0 Å². The molecule has 0 saturated carbocycles. The average molecular weight is 210 g/mol. The molecule has 1 aliphatic rings. The normalized spacial score (nSPS) is 18.0. The highest BCUT2D eigenvalue weighted by molar-refractivity contribution is 8.19. The van der Waals surface area contributed by atoms with Crippen molar-refractivity contribution in [2.45, 2.75) is 18.4 Å². The maximum Gasteiger partial charge on any atom is 0.0752 e. The van der Waals surface area contributed by atoms with E-state index >= 15 is 0 Å². The van der Waals surface area contributed by atoms with Gasteiger partial charge in [0.15, 0.2) is 0 Å². The quantitative estimate of drug-likeness (QED) is 0.692. The van der Waals surface area contributed by atoms with Gasteiger partial charge in [0, 0.05) is 11.5 Å². The van der Waals surface area contributed by atoms with Gasteiger partial charge in [0.1, 0.15) is 0 Å². The van der Waals surface area contributed by atoms with Gasteiger partial charge in [-0.1, -0.05) is 29.3 Å². The Morgan fingerprint density at radius 3 is 2.08 bits per heavy atom. The van der Waals surface area contributed by atoms with Crippen molar-refractivity contribution in [3.63, 3.8) is 0 Å². The highest BCUT2D eigenvalue weighted by Gasteiger charge is 2.18. The van der Waals surface area contributed by atoms with Crippen LogP contribution in [0.4, 0.5) is 0 Å². The van der Waals surface area contributed by atoms with Crippen molar-refractivity contribution in [3.05, 3.63) is 34.9 Å². The molecule has 0 unspecified atom stereocenters. The fraction of sp³-hybridized carbons (Fsp3) is 0.455. The smallest absolute Gasteiger partial charge is 0.0752 e. The molecule has 70 valence electrons. The Bertz CT molecular complexity index is 281. The van der Waals surface area contributed by atoms with Crippen LogP contribution >= 0.6 is 23.5 Å². The Morgan fingerprint density at radius 2 is 1.54 bits per heavy atom. The molecule has 0 amide bonds. The maximum absolute atomic E-state index is 2.32. The standard InChI is InChI=1S/C11H14S2/c1-8-5-9(2)7-10(6-8)11-12-3-4-13-11/h5-7,11H,3-4H2,1-2H3. The van der Waals surface area contributed by atoms with E-state index in [0.29, 0.717) is 4.58 Å². The van der Waals surface area contributed by atoms with Gasteiger partial charge in [-0.25, -0.2) is 0 Å². The third-order valence-electron chi connectivity index (χ3n) is 2.14. The first-order valence-corrected chi connectivity index (χ1v) is 6.67. The molecule has 0 aliphatic carbocycles. The summed E-state index contributed by atoms with van der Waals surface area (Å²) in [4.78, 5) is 0. The van der Waals surface area contributed by atoms with E-state index in [2.05, 4.69) is 55.6 Å². The minimum Gasteiger partial charge on any atom is -0.142 e. The molecule has 0 N–H and O–H groups in total. The summed E-state index contributed by atoms with van der Waals surface area (Å²) in [5.74, 6) is 2.62. The van der Waals surface area contributed by atoms with Crippen molar-refractivity contribution < 1.29 is 0 Å². The molecule has 1 fully saturated rings. The Morgan fingerprint density at radius 1 is 1.00 bits per heavy atom. The van der Waals surface area contributed by atoms with Gasteiger partial charge < -0.3 is 0 Å². The molecule has 0 radical (unpaired) electrons. The molecule has 1 heterocycles.